The van der Waals surface area contributed by atoms with Gasteiger partial charge in [-0.1, -0.05) is 0 Å². The zero-order valence-corrected chi connectivity index (χ0v) is 9.15. The summed E-state index contributed by atoms with van der Waals surface area (Å²) in [6, 6.07) is 0. The molecule has 0 bridgehead atoms. The lowest BCUT2D eigenvalue weighted by molar-refractivity contribution is 0.503. The Kier molecular flexibility index (Phi) is 2.58. The lowest BCUT2D eigenvalue weighted by Gasteiger charge is -2.11. The highest BCUT2D eigenvalue weighted by molar-refractivity contribution is 7.91. The van der Waals surface area contributed by atoms with Crippen molar-refractivity contribution in [1.82, 2.24) is 0 Å². The second-order valence-corrected chi connectivity index (χ2v) is 7.15. The molecule has 1 aliphatic heterocycles. The van der Waals surface area contributed by atoms with E-state index in [-0.39, 0.29) is 5.38 Å². The maximum atomic E-state index is 11.2. The molecule has 2 fully saturated rings. The van der Waals surface area contributed by atoms with Crippen LogP contribution in [0.5, 0.6) is 0 Å². The number of halogens is 1. The minimum absolute atomic E-state index is 0.235. The van der Waals surface area contributed by atoms with Crippen LogP contribution in [0, 0.1) is 11.8 Å². The third kappa shape index (κ3) is 2.59. The van der Waals surface area contributed by atoms with E-state index in [2.05, 4.69) is 0 Å². The molecule has 2 aliphatic rings. The van der Waals surface area contributed by atoms with Gasteiger partial charge in [0, 0.05) is 5.38 Å². The van der Waals surface area contributed by atoms with Gasteiger partial charge in [0.2, 0.25) is 0 Å². The fraction of sp³-hybridized carbons (Fsp3) is 1.00. The van der Waals surface area contributed by atoms with Crippen molar-refractivity contribution in [2.24, 2.45) is 11.8 Å². The van der Waals surface area contributed by atoms with Gasteiger partial charge < -0.3 is 0 Å². The summed E-state index contributed by atoms with van der Waals surface area (Å²) in [6.07, 6.45) is 4.23. The van der Waals surface area contributed by atoms with Gasteiger partial charge in [0.05, 0.1) is 11.5 Å². The van der Waals surface area contributed by atoms with Gasteiger partial charge in [-0.05, 0) is 37.5 Å². The van der Waals surface area contributed by atoms with Crippen LogP contribution in [-0.4, -0.2) is 25.3 Å². The van der Waals surface area contributed by atoms with Crippen LogP contribution >= 0.6 is 11.6 Å². The first-order valence-electron chi connectivity index (χ1n) is 4.91. The first-order valence-corrected chi connectivity index (χ1v) is 7.17. The highest BCUT2D eigenvalue weighted by Crippen LogP contribution is 2.39. The Morgan fingerprint density at radius 1 is 1.31 bits per heavy atom. The molecule has 2 rings (SSSR count). The number of sulfone groups is 1. The molecule has 1 saturated heterocycles. The summed E-state index contributed by atoms with van der Waals surface area (Å²) in [5.41, 5.74) is 0. The molecule has 1 heterocycles. The molecule has 4 heteroatoms. The Bertz CT molecular complexity index is 282. The smallest absolute Gasteiger partial charge is 0.150 e. The largest absolute Gasteiger partial charge is 0.229 e. The van der Waals surface area contributed by atoms with Gasteiger partial charge in [0.1, 0.15) is 0 Å². The Hall–Kier alpha value is 0.240. The molecule has 0 aromatic heterocycles. The number of hydrogen-bond acceptors (Lipinski definition) is 2. The van der Waals surface area contributed by atoms with E-state index in [1.807, 2.05) is 0 Å². The van der Waals surface area contributed by atoms with Crippen LogP contribution in [0.4, 0.5) is 0 Å². The molecular weight excluding hydrogens is 208 g/mol. The molecule has 0 radical (unpaired) electrons. The molecule has 2 nitrogen and oxygen atoms in total. The quantitative estimate of drug-likeness (QED) is 0.683. The van der Waals surface area contributed by atoms with Crippen LogP contribution in [0.1, 0.15) is 25.7 Å². The predicted octanol–water partition coefficient (Wildman–Crippen LogP) is 1.83. The van der Waals surface area contributed by atoms with E-state index in [4.69, 9.17) is 11.6 Å². The van der Waals surface area contributed by atoms with Crippen LogP contribution in [0.15, 0.2) is 0 Å². The normalized spacial score (nSPS) is 34.7. The highest BCUT2D eigenvalue weighted by atomic mass is 35.5. The van der Waals surface area contributed by atoms with Gasteiger partial charge in [-0.2, -0.15) is 0 Å². The summed E-state index contributed by atoms with van der Waals surface area (Å²) in [4.78, 5) is 0. The Morgan fingerprint density at radius 3 is 2.46 bits per heavy atom. The average molecular weight is 223 g/mol. The number of alkyl halides is 1. The Morgan fingerprint density at radius 2 is 2.00 bits per heavy atom. The summed E-state index contributed by atoms with van der Waals surface area (Å²) in [7, 11) is -2.71. The van der Waals surface area contributed by atoms with Gasteiger partial charge in [-0.3, -0.25) is 0 Å². The minimum atomic E-state index is -2.71. The third-order valence-electron chi connectivity index (χ3n) is 3.02. The highest BCUT2D eigenvalue weighted by Gasteiger charge is 2.35. The SMILES string of the molecule is O=S1(=O)CCC(CC(Cl)C2CC2)C1. The van der Waals surface area contributed by atoms with Crippen LogP contribution in [0.25, 0.3) is 0 Å². The molecule has 0 N–H and O–H groups in total. The second-order valence-electron chi connectivity index (χ2n) is 4.36. The van der Waals surface area contributed by atoms with E-state index >= 15 is 0 Å². The summed E-state index contributed by atoms with van der Waals surface area (Å²) in [6.45, 7) is 0. The van der Waals surface area contributed by atoms with Crippen molar-refractivity contribution < 1.29 is 8.42 Å². The van der Waals surface area contributed by atoms with Crippen LogP contribution in [-0.2, 0) is 9.84 Å². The van der Waals surface area contributed by atoms with Crippen molar-refractivity contribution in [1.29, 1.82) is 0 Å². The average Bonchev–Trinajstić information content (AvgIpc) is 2.78. The lowest BCUT2D eigenvalue weighted by atomic mass is 10.0. The van der Waals surface area contributed by atoms with Crippen molar-refractivity contribution in [2.75, 3.05) is 11.5 Å². The summed E-state index contributed by atoms with van der Waals surface area (Å²) in [5, 5.41) is 0.235. The first-order chi connectivity index (χ1) is 6.07. The maximum Gasteiger partial charge on any atom is 0.150 e. The summed E-state index contributed by atoms with van der Waals surface area (Å²) < 4.78 is 22.3. The fourth-order valence-electron chi connectivity index (χ4n) is 2.03. The third-order valence-corrected chi connectivity index (χ3v) is 5.39. The zero-order valence-electron chi connectivity index (χ0n) is 7.58. The van der Waals surface area contributed by atoms with Crippen molar-refractivity contribution in [3.05, 3.63) is 0 Å². The molecular formula is C9H15ClO2S. The van der Waals surface area contributed by atoms with E-state index in [1.54, 1.807) is 0 Å². The van der Waals surface area contributed by atoms with Crippen LogP contribution in [0.2, 0.25) is 0 Å². The van der Waals surface area contributed by atoms with E-state index in [0.29, 0.717) is 23.3 Å². The molecule has 1 aliphatic carbocycles. The van der Waals surface area contributed by atoms with Gasteiger partial charge >= 0.3 is 0 Å². The van der Waals surface area contributed by atoms with E-state index in [1.165, 1.54) is 12.8 Å². The topological polar surface area (TPSA) is 34.1 Å². The summed E-state index contributed by atoms with van der Waals surface area (Å²) in [5.74, 6) is 1.78. The predicted molar refractivity (Wildman–Crippen MR) is 53.7 cm³/mol. The van der Waals surface area contributed by atoms with Gasteiger partial charge in [0.15, 0.2) is 9.84 Å². The summed E-state index contributed by atoms with van der Waals surface area (Å²) >= 11 is 6.16. The van der Waals surface area contributed by atoms with Crippen LogP contribution in [0.3, 0.4) is 0 Å². The van der Waals surface area contributed by atoms with Gasteiger partial charge in [-0.15, -0.1) is 11.6 Å². The van der Waals surface area contributed by atoms with Crippen molar-refractivity contribution in [3.63, 3.8) is 0 Å². The molecule has 0 aromatic carbocycles. The van der Waals surface area contributed by atoms with E-state index in [0.717, 1.165) is 12.8 Å². The number of hydrogen-bond donors (Lipinski definition) is 0. The van der Waals surface area contributed by atoms with E-state index in [9.17, 15) is 8.42 Å². The zero-order chi connectivity index (χ0) is 9.47. The molecule has 2 atom stereocenters. The second kappa shape index (κ2) is 3.43. The Balaban J connectivity index is 1.83. The van der Waals surface area contributed by atoms with Gasteiger partial charge in [0.25, 0.3) is 0 Å². The van der Waals surface area contributed by atoms with Crippen molar-refractivity contribution >= 4 is 21.4 Å². The first kappa shape index (κ1) is 9.78. The molecule has 0 spiro atoms. The Labute approximate surface area is 84.6 Å². The lowest BCUT2D eigenvalue weighted by Crippen LogP contribution is -2.12. The molecule has 0 aromatic rings. The molecule has 2 unspecified atom stereocenters. The minimum Gasteiger partial charge on any atom is -0.229 e. The molecule has 76 valence electrons. The fourth-order valence-corrected chi connectivity index (χ4v) is 4.41. The molecule has 0 amide bonds. The maximum absolute atomic E-state index is 11.2. The van der Waals surface area contributed by atoms with Gasteiger partial charge in [-0.25, -0.2) is 8.42 Å². The molecule has 13 heavy (non-hydrogen) atoms. The van der Waals surface area contributed by atoms with Crippen molar-refractivity contribution in [2.45, 2.75) is 31.1 Å². The van der Waals surface area contributed by atoms with Crippen LogP contribution < -0.4 is 0 Å². The monoisotopic (exact) mass is 222 g/mol. The molecule has 1 saturated carbocycles. The van der Waals surface area contributed by atoms with Crippen molar-refractivity contribution in [3.8, 4) is 0 Å². The number of rotatable bonds is 3. The standard InChI is InChI=1S/C9H15ClO2S/c10-9(8-1-2-8)5-7-3-4-13(11,12)6-7/h7-9H,1-6H2. The van der Waals surface area contributed by atoms with E-state index < -0.39 is 9.84 Å².